The van der Waals surface area contributed by atoms with Gasteiger partial charge in [-0.1, -0.05) is 30.3 Å². The van der Waals surface area contributed by atoms with E-state index < -0.39 is 10.1 Å². The molecule has 0 aliphatic carbocycles. The number of aromatic nitrogens is 2. The average molecular weight is 326 g/mol. The van der Waals surface area contributed by atoms with Crippen molar-refractivity contribution in [3.8, 4) is 11.4 Å². The first-order chi connectivity index (χ1) is 11.1. The van der Waals surface area contributed by atoms with Crippen LogP contribution < -0.4 is 4.18 Å². The van der Waals surface area contributed by atoms with Crippen LogP contribution in [0.15, 0.2) is 78.5 Å². The maximum Gasteiger partial charge on any atom is 0.332 e. The summed E-state index contributed by atoms with van der Waals surface area (Å²) in [6.45, 7) is 0. The van der Waals surface area contributed by atoms with Gasteiger partial charge in [0, 0.05) is 12.4 Å². The van der Waals surface area contributed by atoms with Crippen molar-refractivity contribution in [1.29, 1.82) is 0 Å². The Labute approximate surface area is 134 Å². The van der Waals surface area contributed by atoms with E-state index in [0.717, 1.165) is 16.7 Å². The Morgan fingerprint density at radius 3 is 2.35 bits per heavy atom. The molecule has 0 aliphatic heterocycles. The molecule has 3 rings (SSSR count). The quantitative estimate of drug-likeness (QED) is 0.675. The maximum atomic E-state index is 12.0. The van der Waals surface area contributed by atoms with E-state index in [2.05, 4.69) is 5.10 Å². The number of benzene rings is 2. The van der Waals surface area contributed by atoms with Gasteiger partial charge in [-0.2, -0.15) is 13.5 Å². The summed E-state index contributed by atoms with van der Waals surface area (Å²) in [5, 5.41) is 5.15. The minimum atomic E-state index is -3.80. The lowest BCUT2D eigenvalue weighted by molar-refractivity contribution is 0.497. The van der Waals surface area contributed by atoms with E-state index in [4.69, 9.17) is 4.18 Å². The van der Waals surface area contributed by atoms with Gasteiger partial charge in [-0.25, -0.2) is 4.68 Å². The van der Waals surface area contributed by atoms with Crippen LogP contribution in [-0.2, 0) is 10.1 Å². The summed E-state index contributed by atoms with van der Waals surface area (Å²) < 4.78 is 30.6. The van der Waals surface area contributed by atoms with E-state index in [9.17, 15) is 8.42 Å². The number of hydrogen-bond acceptors (Lipinski definition) is 4. The molecule has 0 aliphatic rings. The van der Waals surface area contributed by atoms with Gasteiger partial charge in [0.05, 0.1) is 11.1 Å². The van der Waals surface area contributed by atoms with E-state index in [0.29, 0.717) is 0 Å². The second-order valence-corrected chi connectivity index (χ2v) is 6.16. The van der Waals surface area contributed by atoms with E-state index >= 15 is 0 Å². The second kappa shape index (κ2) is 6.50. The molecule has 0 fully saturated rings. The summed E-state index contributed by atoms with van der Waals surface area (Å²) in [5.74, 6) is 0.249. The Kier molecular flexibility index (Phi) is 4.25. The number of rotatable bonds is 5. The van der Waals surface area contributed by atoms with Gasteiger partial charge in [0.25, 0.3) is 0 Å². The van der Waals surface area contributed by atoms with Crippen molar-refractivity contribution in [2.24, 2.45) is 0 Å². The fourth-order valence-electron chi connectivity index (χ4n) is 1.96. The van der Waals surface area contributed by atoms with Crippen molar-refractivity contribution in [2.45, 2.75) is 0 Å². The van der Waals surface area contributed by atoms with Crippen LogP contribution in [0.4, 0.5) is 0 Å². The predicted octanol–water partition coefficient (Wildman–Crippen LogP) is 3.25. The molecule has 0 N–H and O–H groups in total. The fourth-order valence-corrected chi connectivity index (χ4v) is 2.72. The molecule has 23 heavy (non-hydrogen) atoms. The van der Waals surface area contributed by atoms with Crippen LogP contribution in [0.25, 0.3) is 11.8 Å². The molecule has 1 heterocycles. The molecule has 0 bridgehead atoms. The van der Waals surface area contributed by atoms with Gasteiger partial charge in [-0.3, -0.25) is 0 Å². The Morgan fingerprint density at radius 1 is 0.957 bits per heavy atom. The van der Waals surface area contributed by atoms with Gasteiger partial charge < -0.3 is 4.18 Å². The molecule has 1 aromatic heterocycles. The predicted molar refractivity (Wildman–Crippen MR) is 88.6 cm³/mol. The number of nitrogens with zero attached hydrogens (tertiary/aromatic N) is 2. The zero-order chi connectivity index (χ0) is 16.1. The van der Waals surface area contributed by atoms with Crippen molar-refractivity contribution in [1.82, 2.24) is 9.78 Å². The van der Waals surface area contributed by atoms with Crippen LogP contribution >= 0.6 is 0 Å². The summed E-state index contributed by atoms with van der Waals surface area (Å²) >= 11 is 0. The third-order valence-corrected chi connectivity index (χ3v) is 3.94. The van der Waals surface area contributed by atoms with Gasteiger partial charge in [0.15, 0.2) is 0 Å². The topological polar surface area (TPSA) is 61.2 Å². The first-order valence-corrected chi connectivity index (χ1v) is 8.37. The van der Waals surface area contributed by atoms with Crippen LogP contribution in [0.2, 0.25) is 0 Å². The molecule has 3 aromatic rings. The highest BCUT2D eigenvalue weighted by Crippen LogP contribution is 2.17. The normalized spacial score (nSPS) is 11.7. The Balaban J connectivity index is 1.72. The lowest BCUT2D eigenvalue weighted by Gasteiger charge is -2.05. The molecule has 0 atom stereocenters. The van der Waals surface area contributed by atoms with Crippen LogP contribution in [0.1, 0.15) is 5.56 Å². The van der Waals surface area contributed by atoms with Crippen LogP contribution in [0.3, 0.4) is 0 Å². The van der Waals surface area contributed by atoms with Crippen LogP contribution in [-0.4, -0.2) is 18.2 Å². The molecular formula is C17H14N2O3S. The summed E-state index contributed by atoms with van der Waals surface area (Å²) in [7, 11) is -3.80. The van der Waals surface area contributed by atoms with E-state index in [1.807, 2.05) is 36.4 Å². The van der Waals surface area contributed by atoms with Crippen LogP contribution in [0, 0.1) is 0 Å². The highest BCUT2D eigenvalue weighted by molar-refractivity contribution is 7.90. The zero-order valence-electron chi connectivity index (χ0n) is 12.1. The monoisotopic (exact) mass is 326 g/mol. The second-order valence-electron chi connectivity index (χ2n) is 4.73. The molecule has 116 valence electrons. The summed E-state index contributed by atoms with van der Waals surface area (Å²) in [4.78, 5) is 0. The Hall–Kier alpha value is -2.86. The highest BCUT2D eigenvalue weighted by atomic mass is 32.2. The van der Waals surface area contributed by atoms with E-state index in [1.165, 1.54) is 6.08 Å². The first kappa shape index (κ1) is 15.1. The zero-order valence-corrected chi connectivity index (χ0v) is 12.9. The molecule has 0 saturated carbocycles. The molecule has 5 nitrogen and oxygen atoms in total. The Bertz CT molecular complexity index is 885. The molecule has 0 unspecified atom stereocenters. The minimum Gasteiger partial charge on any atom is -0.379 e. The van der Waals surface area contributed by atoms with E-state index in [1.54, 1.807) is 41.3 Å². The molecule has 0 spiro atoms. The number of hydrogen-bond donors (Lipinski definition) is 0. The van der Waals surface area contributed by atoms with Gasteiger partial charge in [-0.05, 0) is 42.0 Å². The highest BCUT2D eigenvalue weighted by Gasteiger charge is 2.08. The van der Waals surface area contributed by atoms with Gasteiger partial charge in [0.2, 0.25) is 0 Å². The molecule has 0 amide bonds. The van der Waals surface area contributed by atoms with Gasteiger partial charge >= 0.3 is 10.1 Å². The standard InChI is InChI=1S/C17H14N2O3S/c20-23(21,14-11-15-5-2-1-3-6-15)22-17-9-7-16(8-10-17)19-13-4-12-18-19/h1-14H. The lowest BCUT2D eigenvalue weighted by atomic mass is 10.2. The lowest BCUT2D eigenvalue weighted by Crippen LogP contribution is -2.05. The summed E-state index contributed by atoms with van der Waals surface area (Å²) in [6.07, 6.45) is 4.96. The van der Waals surface area contributed by atoms with E-state index in [-0.39, 0.29) is 5.75 Å². The minimum absolute atomic E-state index is 0.249. The van der Waals surface area contributed by atoms with Gasteiger partial charge in [-0.15, -0.1) is 0 Å². The van der Waals surface area contributed by atoms with Gasteiger partial charge in [0.1, 0.15) is 5.75 Å². The average Bonchev–Trinajstić information content (AvgIpc) is 3.09. The van der Waals surface area contributed by atoms with Crippen molar-refractivity contribution < 1.29 is 12.6 Å². The van der Waals surface area contributed by atoms with Crippen LogP contribution in [0.5, 0.6) is 5.75 Å². The third kappa shape index (κ3) is 4.08. The first-order valence-electron chi connectivity index (χ1n) is 6.90. The largest absolute Gasteiger partial charge is 0.379 e. The third-order valence-electron chi connectivity index (χ3n) is 3.04. The SMILES string of the molecule is O=S(=O)(C=Cc1ccccc1)Oc1ccc(-n2cccn2)cc1. The molecular weight excluding hydrogens is 312 g/mol. The Morgan fingerprint density at radius 2 is 1.70 bits per heavy atom. The van der Waals surface area contributed by atoms with Crippen molar-refractivity contribution >= 4 is 16.2 Å². The summed E-state index contributed by atoms with van der Waals surface area (Å²) in [5.41, 5.74) is 1.60. The fraction of sp³-hybridized carbons (Fsp3) is 0. The molecule has 6 heteroatoms. The molecule has 0 saturated heterocycles. The molecule has 2 aromatic carbocycles. The molecule has 0 radical (unpaired) electrons. The maximum absolute atomic E-state index is 12.0. The van der Waals surface area contributed by atoms with Crippen molar-refractivity contribution in [2.75, 3.05) is 0 Å². The smallest absolute Gasteiger partial charge is 0.332 e. The van der Waals surface area contributed by atoms with Crippen molar-refractivity contribution in [3.05, 3.63) is 84.0 Å². The summed E-state index contributed by atoms with van der Waals surface area (Å²) in [6, 6.07) is 17.6. The van der Waals surface area contributed by atoms with Crippen molar-refractivity contribution in [3.63, 3.8) is 0 Å².